The molecule has 2 N–H and O–H groups in total. The van der Waals surface area contributed by atoms with Crippen molar-refractivity contribution in [1.82, 2.24) is 5.32 Å². The number of ether oxygens (including phenoxy) is 1. The maximum Gasteiger partial charge on any atom is 0.416 e. The van der Waals surface area contributed by atoms with Crippen molar-refractivity contribution in [2.75, 3.05) is 11.9 Å². The Bertz CT molecular complexity index is 750. The average molecular weight is 405 g/mol. The lowest BCUT2D eigenvalue weighted by Gasteiger charge is -2.24. The van der Waals surface area contributed by atoms with Crippen molar-refractivity contribution in [3.63, 3.8) is 0 Å². The number of halogens is 3. The van der Waals surface area contributed by atoms with Crippen molar-refractivity contribution in [3.05, 3.63) is 33.9 Å². The van der Waals surface area contributed by atoms with Crippen molar-refractivity contribution in [3.8, 4) is 0 Å². The number of nitrogens with zero attached hydrogens (tertiary/aromatic N) is 1. The third-order valence-corrected chi connectivity index (χ3v) is 3.95. The second kappa shape index (κ2) is 8.89. The summed E-state index contributed by atoms with van der Waals surface area (Å²) in [5, 5.41) is 16.2. The topological polar surface area (TPSA) is 111 Å². The van der Waals surface area contributed by atoms with E-state index in [0.717, 1.165) is 6.07 Å². The number of esters is 1. The Balaban J connectivity index is 2.79. The van der Waals surface area contributed by atoms with Gasteiger partial charge in [0.2, 0.25) is 0 Å². The molecule has 0 spiro atoms. The number of carbonyl (C=O) groups is 2. The minimum absolute atomic E-state index is 0.279. The molecule has 156 valence electrons. The summed E-state index contributed by atoms with van der Waals surface area (Å²) in [7, 11) is 0. The highest BCUT2D eigenvalue weighted by atomic mass is 19.4. The first-order valence-electron chi connectivity index (χ1n) is 8.36. The normalized spacial score (nSPS) is 12.8. The number of alkyl halides is 3. The number of carbonyl (C=O) groups excluding carboxylic acids is 2. The van der Waals surface area contributed by atoms with E-state index in [1.54, 1.807) is 13.8 Å². The van der Waals surface area contributed by atoms with E-state index in [4.69, 9.17) is 4.74 Å². The van der Waals surface area contributed by atoms with Crippen LogP contribution in [0.15, 0.2) is 18.2 Å². The van der Waals surface area contributed by atoms with Gasteiger partial charge in [0.1, 0.15) is 11.7 Å². The van der Waals surface area contributed by atoms with E-state index in [1.807, 2.05) is 6.92 Å². The van der Waals surface area contributed by atoms with Crippen molar-refractivity contribution < 1.29 is 32.4 Å². The third-order valence-electron chi connectivity index (χ3n) is 3.95. The van der Waals surface area contributed by atoms with Crippen molar-refractivity contribution in [2.24, 2.45) is 0 Å². The van der Waals surface area contributed by atoms with Crippen LogP contribution in [0.25, 0.3) is 0 Å². The molecule has 0 radical (unpaired) electrons. The van der Waals surface area contributed by atoms with Crippen LogP contribution >= 0.6 is 0 Å². The molecule has 0 fully saturated rings. The second-order valence-electron chi connectivity index (χ2n) is 6.75. The maximum absolute atomic E-state index is 12.7. The van der Waals surface area contributed by atoms with Crippen LogP contribution in [-0.2, 0) is 20.5 Å². The quantitative estimate of drug-likeness (QED) is 0.390. The number of hydrogen-bond acceptors (Lipinski definition) is 6. The average Bonchev–Trinajstić information content (AvgIpc) is 2.58. The molecule has 0 saturated heterocycles. The van der Waals surface area contributed by atoms with Crippen molar-refractivity contribution in [1.29, 1.82) is 0 Å². The van der Waals surface area contributed by atoms with Gasteiger partial charge >= 0.3 is 12.1 Å². The molecule has 0 aromatic heterocycles. The van der Waals surface area contributed by atoms with Crippen LogP contribution < -0.4 is 10.6 Å². The van der Waals surface area contributed by atoms with Gasteiger partial charge in [0, 0.05) is 11.6 Å². The first-order valence-corrected chi connectivity index (χ1v) is 8.36. The lowest BCUT2D eigenvalue weighted by Crippen LogP contribution is -2.45. The molecule has 0 aliphatic heterocycles. The van der Waals surface area contributed by atoms with Gasteiger partial charge in [0.05, 0.1) is 10.5 Å². The molecular weight excluding hydrogens is 383 g/mol. The highest BCUT2D eigenvalue weighted by Crippen LogP contribution is 2.35. The van der Waals surface area contributed by atoms with Crippen molar-refractivity contribution >= 4 is 23.3 Å². The molecule has 0 bridgehead atoms. The Morgan fingerprint density at radius 1 is 1.29 bits per heavy atom. The molecule has 1 amide bonds. The van der Waals surface area contributed by atoms with Crippen LogP contribution in [0.2, 0.25) is 0 Å². The number of nitrogens with one attached hydrogen (secondary N) is 2. The molecular formula is C17H22F3N3O5. The Kier molecular flexibility index (Phi) is 7.36. The summed E-state index contributed by atoms with van der Waals surface area (Å²) < 4.78 is 43.0. The van der Waals surface area contributed by atoms with E-state index in [0.29, 0.717) is 18.6 Å². The summed E-state index contributed by atoms with van der Waals surface area (Å²) in [5.41, 5.74) is -2.78. The van der Waals surface area contributed by atoms with Gasteiger partial charge in [-0.2, -0.15) is 13.2 Å². The number of hydrogen-bond donors (Lipinski definition) is 2. The zero-order valence-corrected chi connectivity index (χ0v) is 15.8. The largest absolute Gasteiger partial charge is 0.454 e. The number of nitro groups is 1. The minimum Gasteiger partial charge on any atom is -0.454 e. The summed E-state index contributed by atoms with van der Waals surface area (Å²) in [6, 6.07) is 0.762. The lowest BCUT2D eigenvalue weighted by atomic mass is 10.0. The molecule has 8 nitrogen and oxygen atoms in total. The Labute approximate surface area is 159 Å². The van der Waals surface area contributed by atoms with Crippen LogP contribution in [0.3, 0.4) is 0 Å². The monoisotopic (exact) mass is 405 g/mol. The molecule has 0 aliphatic rings. The number of rotatable bonds is 8. The van der Waals surface area contributed by atoms with Crippen molar-refractivity contribution in [2.45, 2.75) is 51.9 Å². The standard InChI is InChI=1S/C17H22F3N3O5/c1-5-16(3,4)22-14(24)9-28-15(25)10(2)21-12-7-6-11(17(18,19)20)8-13(12)23(26)27/h6-8,10,21H,5,9H2,1-4H3,(H,22,24)/t10-/m0/s1. The molecule has 0 aliphatic carbocycles. The molecule has 1 aromatic carbocycles. The summed E-state index contributed by atoms with van der Waals surface area (Å²) in [6.45, 7) is 6.21. The molecule has 0 saturated carbocycles. The fourth-order valence-corrected chi connectivity index (χ4v) is 2.04. The van der Waals surface area contributed by atoms with Crippen LogP contribution in [-0.4, -0.2) is 35.0 Å². The summed E-state index contributed by atoms with van der Waals surface area (Å²) in [4.78, 5) is 33.8. The first kappa shape index (κ1) is 23.2. The van der Waals surface area contributed by atoms with Gasteiger partial charge in [0.25, 0.3) is 11.6 Å². The molecule has 1 aromatic rings. The molecule has 0 heterocycles. The zero-order chi connectivity index (χ0) is 21.7. The summed E-state index contributed by atoms with van der Waals surface area (Å²) in [6.07, 6.45) is -4.09. The molecule has 11 heteroatoms. The molecule has 1 atom stereocenters. The number of amides is 1. The van der Waals surface area contributed by atoms with E-state index in [1.165, 1.54) is 6.92 Å². The molecule has 0 unspecified atom stereocenters. The van der Waals surface area contributed by atoms with E-state index < -0.39 is 52.4 Å². The first-order chi connectivity index (χ1) is 12.8. The Morgan fingerprint density at radius 2 is 1.89 bits per heavy atom. The lowest BCUT2D eigenvalue weighted by molar-refractivity contribution is -0.384. The second-order valence-corrected chi connectivity index (χ2v) is 6.75. The summed E-state index contributed by atoms with van der Waals surface area (Å²) >= 11 is 0. The van der Waals surface area contributed by atoms with Gasteiger partial charge in [-0.05, 0) is 39.3 Å². The van der Waals surface area contributed by atoms with E-state index in [2.05, 4.69) is 10.6 Å². The fraction of sp³-hybridized carbons (Fsp3) is 0.529. The van der Waals surface area contributed by atoms with Gasteiger partial charge in [-0.1, -0.05) is 6.92 Å². The summed E-state index contributed by atoms with van der Waals surface area (Å²) in [5.74, 6) is -1.41. The van der Waals surface area contributed by atoms with Gasteiger partial charge < -0.3 is 15.4 Å². The fourth-order valence-electron chi connectivity index (χ4n) is 2.04. The van der Waals surface area contributed by atoms with Crippen LogP contribution in [0.1, 0.15) is 39.7 Å². The highest BCUT2D eigenvalue weighted by Gasteiger charge is 2.33. The Morgan fingerprint density at radius 3 is 2.39 bits per heavy atom. The molecule has 28 heavy (non-hydrogen) atoms. The van der Waals surface area contributed by atoms with Crippen LogP contribution in [0.4, 0.5) is 24.5 Å². The predicted molar refractivity (Wildman–Crippen MR) is 94.7 cm³/mol. The number of nitro benzene ring substituents is 1. The maximum atomic E-state index is 12.7. The van der Waals surface area contributed by atoms with Gasteiger partial charge in [-0.15, -0.1) is 0 Å². The van der Waals surface area contributed by atoms with Gasteiger partial charge in [-0.3, -0.25) is 14.9 Å². The third kappa shape index (κ3) is 6.71. The van der Waals surface area contributed by atoms with E-state index in [9.17, 15) is 32.9 Å². The van der Waals surface area contributed by atoms with Gasteiger partial charge in [-0.25, -0.2) is 4.79 Å². The predicted octanol–water partition coefficient (Wildman–Crippen LogP) is 3.26. The minimum atomic E-state index is -4.74. The van der Waals surface area contributed by atoms with Crippen LogP contribution in [0, 0.1) is 10.1 Å². The number of benzene rings is 1. The highest BCUT2D eigenvalue weighted by molar-refractivity contribution is 5.84. The SMILES string of the molecule is CCC(C)(C)NC(=O)COC(=O)[C@H](C)Nc1ccc(C(F)(F)F)cc1[N+](=O)[O-]. The van der Waals surface area contributed by atoms with E-state index >= 15 is 0 Å². The van der Waals surface area contributed by atoms with Crippen LogP contribution in [0.5, 0.6) is 0 Å². The number of anilines is 1. The zero-order valence-electron chi connectivity index (χ0n) is 15.8. The van der Waals surface area contributed by atoms with Gasteiger partial charge in [0.15, 0.2) is 6.61 Å². The Hall–Kier alpha value is -2.85. The smallest absolute Gasteiger partial charge is 0.416 e. The molecule has 1 rings (SSSR count). The van der Waals surface area contributed by atoms with E-state index in [-0.39, 0.29) is 5.69 Å².